The lowest BCUT2D eigenvalue weighted by molar-refractivity contribution is -0.384. The van der Waals surface area contributed by atoms with Crippen LogP contribution in [0.2, 0.25) is 0 Å². The molecular weight excluding hydrogens is 412 g/mol. The fourth-order valence-electron chi connectivity index (χ4n) is 3.95. The average molecular weight is 436 g/mol. The van der Waals surface area contributed by atoms with Gasteiger partial charge in [-0.2, -0.15) is 4.31 Å². The molecule has 0 radical (unpaired) electrons. The minimum absolute atomic E-state index is 0.00772. The molecule has 2 aromatic rings. The largest absolute Gasteiger partial charge is 0.379 e. The molecule has 1 aromatic heterocycles. The summed E-state index contributed by atoms with van der Waals surface area (Å²) in [6.07, 6.45) is 1.36. The van der Waals surface area contributed by atoms with Crippen LogP contribution in [0, 0.1) is 10.1 Å². The van der Waals surface area contributed by atoms with E-state index in [4.69, 9.17) is 4.74 Å². The summed E-state index contributed by atoms with van der Waals surface area (Å²) in [7, 11) is -1.60. The van der Waals surface area contributed by atoms with Crippen molar-refractivity contribution in [2.45, 2.75) is 18.1 Å². The number of aromatic nitrogens is 3. The Labute approximate surface area is 174 Å². The topological polar surface area (TPSA) is 124 Å². The molecule has 1 atom stereocenters. The number of anilines is 1. The van der Waals surface area contributed by atoms with Crippen LogP contribution >= 0.6 is 0 Å². The third-order valence-corrected chi connectivity index (χ3v) is 7.91. The van der Waals surface area contributed by atoms with E-state index in [0.29, 0.717) is 63.1 Å². The Balaban J connectivity index is 1.53. The van der Waals surface area contributed by atoms with E-state index in [2.05, 4.69) is 10.2 Å². The zero-order chi connectivity index (χ0) is 21.3. The maximum absolute atomic E-state index is 13.1. The number of non-ortho nitro benzene ring substituents is 1. The zero-order valence-electron chi connectivity index (χ0n) is 16.7. The number of hydrogen-bond acceptors (Lipinski definition) is 8. The molecule has 2 aliphatic rings. The van der Waals surface area contributed by atoms with Crippen molar-refractivity contribution in [1.82, 2.24) is 19.1 Å². The van der Waals surface area contributed by atoms with Crippen molar-refractivity contribution >= 4 is 21.7 Å². The van der Waals surface area contributed by atoms with Gasteiger partial charge in [-0.15, -0.1) is 10.2 Å². The highest BCUT2D eigenvalue weighted by molar-refractivity contribution is 7.89. The number of hydrogen-bond donors (Lipinski definition) is 0. The van der Waals surface area contributed by atoms with Crippen LogP contribution in [0.15, 0.2) is 24.3 Å². The molecule has 0 N–H and O–H groups in total. The normalized spacial score (nSPS) is 21.0. The van der Waals surface area contributed by atoms with Crippen LogP contribution in [0.5, 0.6) is 0 Å². The lowest BCUT2D eigenvalue weighted by Crippen LogP contribution is -2.51. The number of sulfonamides is 1. The molecule has 2 fully saturated rings. The van der Waals surface area contributed by atoms with E-state index >= 15 is 0 Å². The first-order chi connectivity index (χ1) is 14.4. The number of nitrogens with zero attached hydrogens (tertiary/aromatic N) is 6. The highest BCUT2D eigenvalue weighted by Crippen LogP contribution is 2.27. The number of nitro groups is 1. The Morgan fingerprint density at radius 1 is 1.13 bits per heavy atom. The van der Waals surface area contributed by atoms with Crippen LogP contribution in [0.4, 0.5) is 11.6 Å². The molecule has 11 nitrogen and oxygen atoms in total. The molecule has 0 spiro atoms. The number of ether oxygens (including phenoxy) is 1. The van der Waals surface area contributed by atoms with Gasteiger partial charge in [-0.05, 0) is 25.0 Å². The third kappa shape index (κ3) is 3.89. The van der Waals surface area contributed by atoms with Gasteiger partial charge in [0, 0.05) is 50.9 Å². The highest BCUT2D eigenvalue weighted by atomic mass is 32.2. The average Bonchev–Trinajstić information content (AvgIpc) is 3.16. The van der Waals surface area contributed by atoms with Gasteiger partial charge in [-0.3, -0.25) is 14.7 Å². The summed E-state index contributed by atoms with van der Waals surface area (Å²) in [6, 6.07) is 6.12. The van der Waals surface area contributed by atoms with Crippen LogP contribution < -0.4 is 4.90 Å². The van der Waals surface area contributed by atoms with Crippen molar-refractivity contribution in [3.63, 3.8) is 0 Å². The minimum Gasteiger partial charge on any atom is -0.379 e. The molecular formula is C18H24N6O5S. The third-order valence-electron chi connectivity index (χ3n) is 5.60. The van der Waals surface area contributed by atoms with Gasteiger partial charge in [0.15, 0.2) is 5.82 Å². The summed E-state index contributed by atoms with van der Waals surface area (Å²) in [5.41, 5.74) is 0.713. The van der Waals surface area contributed by atoms with E-state index in [1.807, 2.05) is 11.9 Å². The Morgan fingerprint density at radius 3 is 2.50 bits per heavy atom. The quantitative estimate of drug-likeness (QED) is 0.503. The molecule has 1 aromatic carbocycles. The lowest BCUT2D eigenvalue weighted by Gasteiger charge is -2.36. The monoisotopic (exact) mass is 436 g/mol. The second kappa shape index (κ2) is 8.28. The fraction of sp³-hybridized carbons (Fsp3) is 0.556. The lowest BCUT2D eigenvalue weighted by atomic mass is 10.1. The molecule has 0 amide bonds. The first kappa shape index (κ1) is 20.7. The Hall–Kier alpha value is -2.57. The van der Waals surface area contributed by atoms with Crippen LogP contribution in [0.1, 0.15) is 12.8 Å². The Kier molecular flexibility index (Phi) is 5.71. The van der Waals surface area contributed by atoms with Gasteiger partial charge in [0.2, 0.25) is 16.0 Å². The van der Waals surface area contributed by atoms with Gasteiger partial charge >= 0.3 is 0 Å². The van der Waals surface area contributed by atoms with Crippen molar-refractivity contribution in [3.05, 3.63) is 34.4 Å². The summed E-state index contributed by atoms with van der Waals surface area (Å²) in [6.45, 7) is 2.70. The summed E-state index contributed by atoms with van der Waals surface area (Å²) in [5.74, 6) is 1.16. The summed E-state index contributed by atoms with van der Waals surface area (Å²) < 4.78 is 34.7. The standard InChI is InChI=1S/C18H24N6O5S/c1-21-17(14-4-6-15(7-5-14)24(25)26)19-20-18(21)22-8-2-3-16(13-22)30(27,28)23-9-11-29-12-10-23/h4-7,16H,2-3,8-13H2,1H3/t16-/m0/s1. The maximum atomic E-state index is 13.1. The fourth-order valence-corrected chi connectivity index (χ4v) is 5.87. The van der Waals surface area contributed by atoms with Crippen LogP contribution in [0.3, 0.4) is 0 Å². The van der Waals surface area contributed by atoms with Gasteiger partial charge in [-0.1, -0.05) is 0 Å². The van der Waals surface area contributed by atoms with Gasteiger partial charge in [0.05, 0.1) is 23.4 Å². The van der Waals surface area contributed by atoms with E-state index in [1.165, 1.54) is 16.4 Å². The Morgan fingerprint density at radius 2 is 1.83 bits per heavy atom. The van der Waals surface area contributed by atoms with E-state index in [1.54, 1.807) is 16.7 Å². The van der Waals surface area contributed by atoms with E-state index in [0.717, 1.165) is 6.42 Å². The molecule has 162 valence electrons. The van der Waals surface area contributed by atoms with Crippen LogP contribution in [-0.2, 0) is 21.8 Å². The van der Waals surface area contributed by atoms with Crippen LogP contribution in [-0.4, -0.2) is 77.1 Å². The molecule has 0 saturated carbocycles. The smallest absolute Gasteiger partial charge is 0.269 e. The molecule has 3 heterocycles. The molecule has 0 unspecified atom stereocenters. The molecule has 0 aliphatic carbocycles. The predicted molar refractivity (Wildman–Crippen MR) is 110 cm³/mol. The van der Waals surface area contributed by atoms with Crippen LogP contribution in [0.25, 0.3) is 11.4 Å². The van der Waals surface area contributed by atoms with Crippen molar-refractivity contribution in [2.24, 2.45) is 7.05 Å². The number of rotatable bonds is 5. The molecule has 2 aliphatic heterocycles. The SMILES string of the molecule is Cn1c(-c2ccc([N+](=O)[O-])cc2)nnc1N1CCC[C@H](S(=O)(=O)N2CCOCC2)C1. The number of benzene rings is 1. The molecule has 0 bridgehead atoms. The van der Waals surface area contributed by atoms with E-state index < -0.39 is 20.2 Å². The highest BCUT2D eigenvalue weighted by Gasteiger charge is 2.37. The molecule has 30 heavy (non-hydrogen) atoms. The van der Waals surface area contributed by atoms with Crippen molar-refractivity contribution in [2.75, 3.05) is 44.3 Å². The van der Waals surface area contributed by atoms with Gasteiger partial charge in [0.25, 0.3) is 5.69 Å². The number of nitro benzene ring substituents is 1. The maximum Gasteiger partial charge on any atom is 0.269 e. The zero-order valence-corrected chi connectivity index (χ0v) is 17.5. The second-order valence-corrected chi connectivity index (χ2v) is 9.67. The van der Waals surface area contributed by atoms with Crippen molar-refractivity contribution < 1.29 is 18.1 Å². The van der Waals surface area contributed by atoms with Gasteiger partial charge in [-0.25, -0.2) is 8.42 Å². The van der Waals surface area contributed by atoms with Crippen molar-refractivity contribution in [1.29, 1.82) is 0 Å². The van der Waals surface area contributed by atoms with E-state index in [-0.39, 0.29) is 5.69 Å². The molecule has 2 saturated heterocycles. The number of morpholine rings is 1. The van der Waals surface area contributed by atoms with Crippen molar-refractivity contribution in [3.8, 4) is 11.4 Å². The second-order valence-electron chi connectivity index (χ2n) is 7.45. The van der Waals surface area contributed by atoms with E-state index in [9.17, 15) is 18.5 Å². The number of piperidine rings is 1. The van der Waals surface area contributed by atoms with Gasteiger partial charge in [0.1, 0.15) is 0 Å². The molecule has 4 rings (SSSR count). The predicted octanol–water partition coefficient (Wildman–Crippen LogP) is 1.02. The summed E-state index contributed by atoms with van der Waals surface area (Å²) >= 11 is 0. The Bertz CT molecular complexity index is 1020. The summed E-state index contributed by atoms with van der Waals surface area (Å²) in [5, 5.41) is 18.9. The molecule has 12 heteroatoms. The first-order valence-corrected chi connectivity index (χ1v) is 11.3. The first-order valence-electron chi connectivity index (χ1n) is 9.84. The summed E-state index contributed by atoms with van der Waals surface area (Å²) in [4.78, 5) is 12.4. The van der Waals surface area contributed by atoms with Gasteiger partial charge < -0.3 is 9.64 Å². The minimum atomic E-state index is -3.41.